The standard InChI is InChI=1S/C19H16N2O2S.C5H11N/c1-11(22)17-12(2)23-19(21)15(10-20)18(17)14-7-5-13(6-8-14)16-4-3-9-24-16;1-2-4-6-5-3-1/h3-9,18H,21H2,1-2H3;6H,1-5H2. The van der Waals surface area contributed by atoms with Crippen LogP contribution in [0.4, 0.5) is 0 Å². The van der Waals surface area contributed by atoms with Crippen LogP contribution in [0, 0.1) is 11.3 Å². The van der Waals surface area contributed by atoms with Crippen LogP contribution in [0.2, 0.25) is 0 Å². The van der Waals surface area contributed by atoms with Gasteiger partial charge in [0.25, 0.3) is 0 Å². The molecule has 0 bridgehead atoms. The Balaban J connectivity index is 0.000000367. The molecule has 2 aliphatic rings. The Morgan fingerprint density at radius 3 is 2.37 bits per heavy atom. The highest BCUT2D eigenvalue weighted by Gasteiger charge is 2.33. The van der Waals surface area contributed by atoms with E-state index in [9.17, 15) is 10.1 Å². The number of nitriles is 1. The average Bonchev–Trinajstić information content (AvgIpc) is 3.30. The van der Waals surface area contributed by atoms with Crippen LogP contribution in [0.5, 0.6) is 0 Å². The number of piperidine rings is 1. The van der Waals surface area contributed by atoms with Crippen LogP contribution in [-0.4, -0.2) is 18.9 Å². The average molecular weight is 422 g/mol. The molecule has 0 amide bonds. The summed E-state index contributed by atoms with van der Waals surface area (Å²) in [7, 11) is 0. The third-order valence-corrected chi connectivity index (χ3v) is 6.16. The number of hydrogen-bond donors (Lipinski definition) is 2. The summed E-state index contributed by atoms with van der Waals surface area (Å²) in [5.74, 6) is -0.0996. The van der Waals surface area contributed by atoms with E-state index in [0.29, 0.717) is 11.3 Å². The number of ether oxygens (including phenoxy) is 1. The molecule has 6 heteroatoms. The molecular weight excluding hydrogens is 394 g/mol. The Hall–Kier alpha value is -2.88. The van der Waals surface area contributed by atoms with Gasteiger partial charge in [-0.25, -0.2) is 0 Å². The maximum Gasteiger partial charge on any atom is 0.205 e. The van der Waals surface area contributed by atoms with E-state index >= 15 is 0 Å². The molecule has 1 fully saturated rings. The lowest BCUT2D eigenvalue weighted by Gasteiger charge is -2.26. The van der Waals surface area contributed by atoms with Crippen molar-refractivity contribution in [3.05, 3.63) is 70.1 Å². The van der Waals surface area contributed by atoms with E-state index < -0.39 is 5.92 Å². The first-order valence-electron chi connectivity index (χ1n) is 10.2. The molecule has 0 saturated carbocycles. The summed E-state index contributed by atoms with van der Waals surface area (Å²) < 4.78 is 5.39. The molecule has 1 aromatic carbocycles. The van der Waals surface area contributed by atoms with Crippen molar-refractivity contribution >= 4 is 17.1 Å². The minimum Gasteiger partial charge on any atom is -0.445 e. The van der Waals surface area contributed by atoms with Gasteiger partial charge in [0.05, 0.1) is 5.92 Å². The fraction of sp³-hybridized carbons (Fsp3) is 0.333. The van der Waals surface area contributed by atoms with Crippen LogP contribution >= 0.6 is 11.3 Å². The minimum atomic E-state index is -0.487. The van der Waals surface area contributed by atoms with E-state index in [-0.39, 0.29) is 17.2 Å². The molecule has 0 spiro atoms. The highest BCUT2D eigenvalue weighted by molar-refractivity contribution is 7.13. The summed E-state index contributed by atoms with van der Waals surface area (Å²) >= 11 is 1.66. The topological polar surface area (TPSA) is 88.1 Å². The molecule has 5 nitrogen and oxygen atoms in total. The van der Waals surface area contributed by atoms with Crippen LogP contribution in [-0.2, 0) is 9.53 Å². The van der Waals surface area contributed by atoms with Gasteiger partial charge in [-0.3, -0.25) is 4.79 Å². The summed E-state index contributed by atoms with van der Waals surface area (Å²) in [6.07, 6.45) is 4.22. The molecule has 2 aromatic rings. The fourth-order valence-electron chi connectivity index (χ4n) is 3.75. The zero-order valence-electron chi connectivity index (χ0n) is 17.4. The Labute approximate surface area is 181 Å². The largest absolute Gasteiger partial charge is 0.445 e. The van der Waals surface area contributed by atoms with Crippen molar-refractivity contribution in [2.24, 2.45) is 5.73 Å². The predicted molar refractivity (Wildman–Crippen MR) is 121 cm³/mol. The van der Waals surface area contributed by atoms with E-state index in [2.05, 4.69) is 17.5 Å². The van der Waals surface area contributed by atoms with Crippen LogP contribution < -0.4 is 11.1 Å². The van der Waals surface area contributed by atoms with Gasteiger partial charge < -0.3 is 15.8 Å². The summed E-state index contributed by atoms with van der Waals surface area (Å²) in [6, 6.07) is 14.0. The van der Waals surface area contributed by atoms with Gasteiger partial charge in [0.1, 0.15) is 17.4 Å². The maximum absolute atomic E-state index is 12.1. The van der Waals surface area contributed by atoms with Gasteiger partial charge >= 0.3 is 0 Å². The second kappa shape index (κ2) is 10.2. The Morgan fingerprint density at radius 2 is 1.90 bits per heavy atom. The third-order valence-electron chi connectivity index (χ3n) is 5.24. The first-order chi connectivity index (χ1) is 14.5. The number of nitrogens with zero attached hydrogens (tertiary/aromatic N) is 1. The molecule has 4 rings (SSSR count). The number of hydrogen-bond acceptors (Lipinski definition) is 6. The van der Waals surface area contributed by atoms with Gasteiger partial charge in [-0.1, -0.05) is 36.8 Å². The number of Topliss-reactive ketones (excluding diaryl/α,β-unsaturated/α-hetero) is 1. The summed E-state index contributed by atoms with van der Waals surface area (Å²) in [5, 5.41) is 14.8. The van der Waals surface area contributed by atoms with Crippen LogP contribution in [0.3, 0.4) is 0 Å². The number of allylic oxidation sites excluding steroid dienone is 3. The molecule has 0 aliphatic carbocycles. The van der Waals surface area contributed by atoms with Crippen LogP contribution in [0.1, 0.15) is 44.6 Å². The zero-order valence-corrected chi connectivity index (χ0v) is 18.2. The molecule has 1 saturated heterocycles. The Morgan fingerprint density at radius 1 is 1.20 bits per heavy atom. The lowest BCUT2D eigenvalue weighted by molar-refractivity contribution is -0.114. The van der Waals surface area contributed by atoms with Crippen LogP contribution in [0.15, 0.2) is 64.6 Å². The first-order valence-corrected chi connectivity index (χ1v) is 11.0. The Kier molecular flexibility index (Phi) is 7.45. The van der Waals surface area contributed by atoms with Gasteiger partial charge in [0.2, 0.25) is 5.88 Å². The number of benzene rings is 1. The van der Waals surface area contributed by atoms with Crippen molar-refractivity contribution < 1.29 is 9.53 Å². The van der Waals surface area contributed by atoms with E-state index in [4.69, 9.17) is 10.5 Å². The smallest absolute Gasteiger partial charge is 0.205 e. The molecule has 156 valence electrons. The predicted octanol–water partition coefficient (Wildman–Crippen LogP) is 4.85. The van der Waals surface area contributed by atoms with Crippen molar-refractivity contribution in [3.8, 4) is 16.5 Å². The van der Waals surface area contributed by atoms with Gasteiger partial charge in [-0.2, -0.15) is 5.26 Å². The van der Waals surface area contributed by atoms with E-state index in [0.717, 1.165) is 11.1 Å². The zero-order chi connectivity index (χ0) is 21.5. The number of rotatable bonds is 3. The normalized spacial score (nSPS) is 18.8. The molecule has 1 atom stereocenters. The number of thiophene rings is 1. The Bertz CT molecular complexity index is 967. The van der Waals surface area contributed by atoms with Gasteiger partial charge in [-0.05, 0) is 62.4 Å². The number of carbonyl (C=O) groups excluding carboxylic acids is 1. The summed E-state index contributed by atoms with van der Waals surface area (Å²) in [5.41, 5.74) is 8.57. The molecule has 1 unspecified atom stereocenters. The lowest BCUT2D eigenvalue weighted by atomic mass is 9.81. The highest BCUT2D eigenvalue weighted by atomic mass is 32.1. The molecule has 0 radical (unpaired) electrons. The lowest BCUT2D eigenvalue weighted by Crippen LogP contribution is -2.23. The summed E-state index contributed by atoms with van der Waals surface area (Å²) in [4.78, 5) is 13.3. The highest BCUT2D eigenvalue weighted by Crippen LogP contribution is 2.40. The van der Waals surface area contributed by atoms with Crippen molar-refractivity contribution in [2.45, 2.75) is 39.0 Å². The third kappa shape index (κ3) is 4.99. The first kappa shape index (κ1) is 21.8. The molecule has 3 heterocycles. The van der Waals surface area contributed by atoms with E-state index in [1.54, 1.807) is 18.3 Å². The second-order valence-electron chi connectivity index (χ2n) is 7.36. The van der Waals surface area contributed by atoms with Crippen LogP contribution in [0.25, 0.3) is 10.4 Å². The van der Waals surface area contributed by atoms with Crippen molar-refractivity contribution in [1.82, 2.24) is 5.32 Å². The molecule has 1 aromatic heterocycles. The molecule has 3 N–H and O–H groups in total. The van der Waals surface area contributed by atoms with E-state index in [1.807, 2.05) is 35.7 Å². The van der Waals surface area contributed by atoms with Gasteiger partial charge in [-0.15, -0.1) is 11.3 Å². The van der Waals surface area contributed by atoms with Crippen molar-refractivity contribution in [3.63, 3.8) is 0 Å². The quantitative estimate of drug-likeness (QED) is 0.740. The van der Waals surface area contributed by atoms with Crippen molar-refractivity contribution in [2.75, 3.05) is 13.1 Å². The maximum atomic E-state index is 12.1. The molecule has 2 aliphatic heterocycles. The molecule has 30 heavy (non-hydrogen) atoms. The van der Waals surface area contributed by atoms with Gasteiger partial charge in [0.15, 0.2) is 5.78 Å². The SMILES string of the molecule is C1CCNCC1.CC(=O)C1=C(C)OC(N)=C(C#N)C1c1ccc(-c2cccs2)cc1. The number of carbonyl (C=O) groups is 1. The number of nitrogens with two attached hydrogens (primary N) is 1. The summed E-state index contributed by atoms with van der Waals surface area (Å²) in [6.45, 7) is 5.68. The molecular formula is C24H27N3O2S. The minimum absolute atomic E-state index is 0.0623. The van der Waals surface area contributed by atoms with Crippen molar-refractivity contribution in [1.29, 1.82) is 5.26 Å². The second-order valence-corrected chi connectivity index (χ2v) is 8.31. The number of ketones is 1. The number of nitrogens with one attached hydrogen (secondary N) is 1. The monoisotopic (exact) mass is 421 g/mol. The van der Waals surface area contributed by atoms with Gasteiger partial charge in [0, 0.05) is 10.5 Å². The fourth-order valence-corrected chi connectivity index (χ4v) is 4.49. The van der Waals surface area contributed by atoms with E-state index in [1.165, 1.54) is 44.2 Å².